The maximum atomic E-state index is 10.9. The first kappa shape index (κ1) is 22.2. The van der Waals surface area contributed by atoms with Gasteiger partial charge in [0.2, 0.25) is 0 Å². The number of nitrogens with zero attached hydrogens (tertiary/aromatic N) is 1. The number of aryl methyl sites for hydroxylation is 1. The van der Waals surface area contributed by atoms with E-state index in [-0.39, 0.29) is 6.61 Å². The van der Waals surface area contributed by atoms with Crippen molar-refractivity contribution in [3.8, 4) is 5.75 Å². The zero-order valence-electron chi connectivity index (χ0n) is 18.2. The third kappa shape index (κ3) is 6.25. The number of carbonyl (C=O) groups excluding carboxylic acids is 1. The number of rotatable bonds is 10. The molecule has 31 heavy (non-hydrogen) atoms. The van der Waals surface area contributed by atoms with Gasteiger partial charge in [-0.3, -0.25) is 4.79 Å². The number of hydrogen-bond acceptors (Lipinski definition) is 3. The highest BCUT2D eigenvalue weighted by molar-refractivity contribution is 5.86. The molecular weight excluding hydrogens is 390 g/mol. The largest absolute Gasteiger partial charge is 0.484 e. The molecule has 0 aliphatic rings. The molecule has 0 saturated heterocycles. The Kier molecular flexibility index (Phi) is 7.92. The van der Waals surface area contributed by atoms with Gasteiger partial charge in [-0.15, -0.1) is 0 Å². The highest BCUT2D eigenvalue weighted by Crippen LogP contribution is 2.22. The lowest BCUT2D eigenvalue weighted by Crippen LogP contribution is -2.38. The molecular formula is C24H31N5O2. The van der Waals surface area contributed by atoms with Crippen molar-refractivity contribution in [1.29, 1.82) is 0 Å². The molecule has 0 aliphatic carbocycles. The Bertz CT molecular complexity index is 1040. The molecule has 5 N–H and O–H groups in total. The summed E-state index contributed by atoms with van der Waals surface area (Å²) >= 11 is 0. The molecule has 0 atom stereocenters. The average Bonchev–Trinajstić information content (AvgIpc) is 3.19. The fourth-order valence-corrected chi connectivity index (χ4v) is 3.49. The number of aromatic amines is 1. The number of H-pyrrole nitrogens is 1. The second-order valence-electron chi connectivity index (χ2n) is 7.28. The summed E-state index contributed by atoms with van der Waals surface area (Å²) in [6, 6.07) is 14.0. The first-order valence-electron chi connectivity index (χ1n) is 10.7. The molecule has 7 heteroatoms. The standard InChI is InChI=1S/C24H31N5O2/c1-3-18-8-6-10-21-19(15-28-23(18)21)11-12-27-24(26-4-2)29-14-17-7-5-9-20(13-17)31-16-22(25)30/h5-10,13,15,28H,3-4,11-12,14,16H2,1-2H3,(H2,25,30)(H2,26,27,29). The van der Waals surface area contributed by atoms with Crippen LogP contribution in [-0.2, 0) is 24.2 Å². The van der Waals surface area contributed by atoms with Gasteiger partial charge in [0.1, 0.15) is 5.75 Å². The number of nitrogens with one attached hydrogen (secondary N) is 3. The molecule has 2 aromatic carbocycles. The number of ether oxygens (including phenoxy) is 1. The van der Waals surface area contributed by atoms with Crippen molar-refractivity contribution in [2.45, 2.75) is 33.2 Å². The lowest BCUT2D eigenvalue weighted by atomic mass is 10.1. The van der Waals surface area contributed by atoms with Crippen molar-refractivity contribution in [2.75, 3.05) is 19.7 Å². The van der Waals surface area contributed by atoms with Crippen molar-refractivity contribution in [1.82, 2.24) is 15.6 Å². The molecule has 0 saturated carbocycles. The van der Waals surface area contributed by atoms with Gasteiger partial charge in [0.25, 0.3) is 5.91 Å². The number of amides is 1. The highest BCUT2D eigenvalue weighted by atomic mass is 16.5. The molecule has 7 nitrogen and oxygen atoms in total. The number of aliphatic imine (C=N–C) groups is 1. The number of nitrogens with two attached hydrogens (primary N) is 1. The smallest absolute Gasteiger partial charge is 0.255 e. The Morgan fingerprint density at radius 1 is 1.13 bits per heavy atom. The Labute approximate surface area is 183 Å². The summed E-state index contributed by atoms with van der Waals surface area (Å²) in [7, 11) is 0. The van der Waals surface area contributed by atoms with Gasteiger partial charge in [0.05, 0.1) is 6.54 Å². The molecule has 0 fully saturated rings. The number of carbonyl (C=O) groups is 1. The van der Waals surface area contributed by atoms with Crippen LogP contribution in [0, 0.1) is 0 Å². The van der Waals surface area contributed by atoms with Crippen LogP contribution in [0.15, 0.2) is 53.7 Å². The quantitative estimate of drug-likeness (QED) is 0.298. The van der Waals surface area contributed by atoms with E-state index in [9.17, 15) is 4.79 Å². The lowest BCUT2D eigenvalue weighted by molar-refractivity contribution is -0.119. The molecule has 3 aromatic rings. The summed E-state index contributed by atoms with van der Waals surface area (Å²) in [5.41, 5.74) is 10.00. The predicted octanol–water partition coefficient (Wildman–Crippen LogP) is 2.89. The molecule has 0 bridgehead atoms. The summed E-state index contributed by atoms with van der Waals surface area (Å²) in [5, 5.41) is 7.98. The highest BCUT2D eigenvalue weighted by Gasteiger charge is 2.07. The number of primary amides is 1. The van der Waals surface area contributed by atoms with Gasteiger partial charge >= 0.3 is 0 Å². The molecule has 1 heterocycles. The van der Waals surface area contributed by atoms with E-state index in [4.69, 9.17) is 10.5 Å². The molecule has 1 amide bonds. The van der Waals surface area contributed by atoms with Gasteiger partial charge in [-0.05, 0) is 48.6 Å². The second-order valence-corrected chi connectivity index (χ2v) is 7.28. The molecule has 1 aromatic heterocycles. The molecule has 164 valence electrons. The van der Waals surface area contributed by atoms with E-state index in [0.717, 1.165) is 37.5 Å². The Morgan fingerprint density at radius 2 is 1.97 bits per heavy atom. The van der Waals surface area contributed by atoms with Crippen LogP contribution in [0.2, 0.25) is 0 Å². The Hall–Kier alpha value is -3.48. The fourth-order valence-electron chi connectivity index (χ4n) is 3.49. The molecule has 3 rings (SSSR count). The second kappa shape index (κ2) is 11.1. The van der Waals surface area contributed by atoms with Gasteiger partial charge in [-0.1, -0.05) is 37.3 Å². The Morgan fingerprint density at radius 3 is 2.74 bits per heavy atom. The SMILES string of the molecule is CCNC(=NCc1cccc(OCC(N)=O)c1)NCCc1c[nH]c2c(CC)cccc12. The van der Waals surface area contributed by atoms with Crippen molar-refractivity contribution < 1.29 is 9.53 Å². The monoisotopic (exact) mass is 421 g/mol. The maximum absolute atomic E-state index is 10.9. The number of para-hydroxylation sites is 1. The summed E-state index contributed by atoms with van der Waals surface area (Å²) in [6.45, 7) is 6.13. The van der Waals surface area contributed by atoms with E-state index in [0.29, 0.717) is 12.3 Å². The van der Waals surface area contributed by atoms with E-state index >= 15 is 0 Å². The summed E-state index contributed by atoms with van der Waals surface area (Å²) in [5.74, 6) is 0.874. The van der Waals surface area contributed by atoms with Crippen LogP contribution < -0.4 is 21.1 Å². The molecule has 0 unspecified atom stereocenters. The van der Waals surface area contributed by atoms with Crippen LogP contribution in [-0.4, -0.2) is 36.5 Å². The fraction of sp³-hybridized carbons (Fsp3) is 0.333. The average molecular weight is 422 g/mol. The minimum absolute atomic E-state index is 0.134. The molecule has 0 spiro atoms. The minimum Gasteiger partial charge on any atom is -0.484 e. The number of aromatic nitrogens is 1. The summed E-state index contributed by atoms with van der Waals surface area (Å²) in [6.07, 6.45) is 4.02. The zero-order chi connectivity index (χ0) is 22.1. The van der Waals surface area contributed by atoms with Crippen molar-refractivity contribution in [2.24, 2.45) is 10.7 Å². The topological polar surface area (TPSA) is 105 Å². The number of fused-ring (bicyclic) bond motifs is 1. The lowest BCUT2D eigenvalue weighted by Gasteiger charge is -2.11. The van der Waals surface area contributed by atoms with Crippen LogP contribution in [0.25, 0.3) is 10.9 Å². The molecule has 0 aliphatic heterocycles. The third-order valence-electron chi connectivity index (χ3n) is 5.00. The van der Waals surface area contributed by atoms with Crippen molar-refractivity contribution >= 4 is 22.8 Å². The number of benzene rings is 2. The van der Waals surface area contributed by atoms with Crippen LogP contribution in [0.4, 0.5) is 0 Å². The summed E-state index contributed by atoms with van der Waals surface area (Å²) in [4.78, 5) is 19.0. The minimum atomic E-state index is -0.497. The van der Waals surface area contributed by atoms with E-state index in [1.807, 2.05) is 25.1 Å². The van der Waals surface area contributed by atoms with E-state index in [1.165, 1.54) is 22.0 Å². The molecule has 0 radical (unpaired) electrons. The van der Waals surface area contributed by atoms with Crippen molar-refractivity contribution in [3.05, 3.63) is 65.4 Å². The van der Waals surface area contributed by atoms with Crippen LogP contribution in [0.1, 0.15) is 30.5 Å². The zero-order valence-corrected chi connectivity index (χ0v) is 18.2. The van der Waals surface area contributed by atoms with E-state index in [2.05, 4.69) is 51.9 Å². The van der Waals surface area contributed by atoms with Crippen LogP contribution in [0.3, 0.4) is 0 Å². The van der Waals surface area contributed by atoms with Gasteiger partial charge in [-0.2, -0.15) is 0 Å². The first-order chi connectivity index (χ1) is 15.1. The van der Waals surface area contributed by atoms with Gasteiger partial charge in [-0.25, -0.2) is 4.99 Å². The predicted molar refractivity (Wildman–Crippen MR) is 125 cm³/mol. The van der Waals surface area contributed by atoms with E-state index in [1.54, 1.807) is 6.07 Å². The van der Waals surface area contributed by atoms with E-state index < -0.39 is 5.91 Å². The third-order valence-corrected chi connectivity index (χ3v) is 5.00. The summed E-state index contributed by atoms with van der Waals surface area (Å²) < 4.78 is 5.36. The van der Waals surface area contributed by atoms with Crippen LogP contribution in [0.5, 0.6) is 5.75 Å². The van der Waals surface area contributed by atoms with Gasteiger partial charge in [0.15, 0.2) is 12.6 Å². The van der Waals surface area contributed by atoms with Gasteiger partial charge < -0.3 is 26.1 Å². The first-order valence-corrected chi connectivity index (χ1v) is 10.7. The number of hydrogen-bond donors (Lipinski definition) is 4. The normalized spacial score (nSPS) is 11.5. The maximum Gasteiger partial charge on any atom is 0.255 e. The number of guanidine groups is 1. The van der Waals surface area contributed by atoms with Gasteiger partial charge in [0, 0.05) is 30.2 Å². The van der Waals surface area contributed by atoms with Crippen LogP contribution >= 0.6 is 0 Å². The van der Waals surface area contributed by atoms with Crippen molar-refractivity contribution in [3.63, 3.8) is 0 Å². The Balaban J connectivity index is 1.59.